The van der Waals surface area contributed by atoms with Crippen LogP contribution in [0, 0.1) is 0 Å². The van der Waals surface area contributed by atoms with Crippen molar-refractivity contribution in [1.29, 1.82) is 0 Å². The van der Waals surface area contributed by atoms with Crippen LogP contribution in [0.25, 0.3) is 0 Å². The third kappa shape index (κ3) is 1.96. The van der Waals surface area contributed by atoms with Gasteiger partial charge in [-0.3, -0.25) is 4.79 Å². The zero-order chi connectivity index (χ0) is 11.7. The number of fused-ring (bicyclic) bond motifs is 1. The summed E-state index contributed by atoms with van der Waals surface area (Å²) in [6.07, 6.45) is 2.72. The maximum absolute atomic E-state index is 12.2. The Balaban J connectivity index is 1.84. The molecule has 0 saturated heterocycles. The molecule has 4 heteroatoms. The van der Waals surface area contributed by atoms with Gasteiger partial charge in [0.25, 0.3) is 5.91 Å². The average molecular weight is 244 g/mol. The van der Waals surface area contributed by atoms with Crippen molar-refractivity contribution in [3.05, 3.63) is 52.0 Å². The van der Waals surface area contributed by atoms with Crippen LogP contribution in [-0.2, 0) is 13.0 Å². The number of amides is 1. The van der Waals surface area contributed by atoms with E-state index in [0.29, 0.717) is 6.54 Å². The topological polar surface area (TPSA) is 33.2 Å². The molecule has 0 fully saturated rings. The first kappa shape index (κ1) is 10.5. The summed E-state index contributed by atoms with van der Waals surface area (Å²) in [5.74, 6) is 0.127. The molecule has 0 radical (unpaired) electrons. The van der Waals surface area contributed by atoms with Gasteiger partial charge in [-0.2, -0.15) is 0 Å². The summed E-state index contributed by atoms with van der Waals surface area (Å²) < 4.78 is 0. The quantitative estimate of drug-likeness (QED) is 0.812. The van der Waals surface area contributed by atoms with Crippen LogP contribution in [0.5, 0.6) is 0 Å². The molecule has 3 rings (SSSR count). The van der Waals surface area contributed by atoms with E-state index < -0.39 is 0 Å². The molecule has 0 bridgehead atoms. The van der Waals surface area contributed by atoms with Gasteiger partial charge in [0.1, 0.15) is 5.01 Å². The Morgan fingerprint density at radius 2 is 2.24 bits per heavy atom. The molecule has 1 amide bonds. The van der Waals surface area contributed by atoms with Gasteiger partial charge in [-0.05, 0) is 18.1 Å². The highest BCUT2D eigenvalue weighted by molar-refractivity contribution is 7.09. The molecule has 0 spiro atoms. The molecule has 86 valence electrons. The van der Waals surface area contributed by atoms with Gasteiger partial charge < -0.3 is 4.90 Å². The van der Waals surface area contributed by atoms with Crippen LogP contribution in [0.4, 0.5) is 0 Å². The van der Waals surface area contributed by atoms with Crippen molar-refractivity contribution in [2.75, 3.05) is 6.54 Å². The third-order valence-corrected chi connectivity index (χ3v) is 3.76. The van der Waals surface area contributed by atoms with E-state index in [1.54, 1.807) is 17.5 Å². The predicted octanol–water partition coefficient (Wildman–Crippen LogP) is 2.34. The molecule has 1 aromatic heterocycles. The largest absolute Gasteiger partial charge is 0.332 e. The van der Waals surface area contributed by atoms with Crippen molar-refractivity contribution in [3.8, 4) is 0 Å². The molecule has 17 heavy (non-hydrogen) atoms. The Kier molecular flexibility index (Phi) is 2.65. The molecule has 3 nitrogen and oxygen atoms in total. The molecule has 1 aliphatic rings. The number of benzene rings is 1. The highest BCUT2D eigenvalue weighted by atomic mass is 32.1. The second kappa shape index (κ2) is 4.30. The highest BCUT2D eigenvalue weighted by Gasteiger charge is 2.24. The molecule has 0 N–H and O–H groups in total. The fraction of sp³-hybridized carbons (Fsp3) is 0.231. The molecule has 0 aliphatic carbocycles. The van der Waals surface area contributed by atoms with Crippen LogP contribution >= 0.6 is 11.3 Å². The normalized spacial score (nSPS) is 14.8. The second-order valence-electron chi connectivity index (χ2n) is 4.06. The first-order valence-corrected chi connectivity index (χ1v) is 6.48. The van der Waals surface area contributed by atoms with Gasteiger partial charge in [0.2, 0.25) is 0 Å². The van der Waals surface area contributed by atoms with Crippen LogP contribution in [0.15, 0.2) is 35.8 Å². The monoisotopic (exact) mass is 244 g/mol. The van der Waals surface area contributed by atoms with Crippen LogP contribution < -0.4 is 0 Å². The van der Waals surface area contributed by atoms with Crippen LogP contribution in [0.3, 0.4) is 0 Å². The molecular formula is C13H12N2OS. The summed E-state index contributed by atoms with van der Waals surface area (Å²) in [5, 5.41) is 2.94. The minimum Gasteiger partial charge on any atom is -0.332 e. The lowest BCUT2D eigenvalue weighted by atomic mass is 9.99. The third-order valence-electron chi connectivity index (χ3n) is 3.00. The Hall–Kier alpha value is -1.68. The summed E-state index contributed by atoms with van der Waals surface area (Å²) in [7, 11) is 0. The molecule has 2 heterocycles. The van der Waals surface area contributed by atoms with Crippen molar-refractivity contribution in [1.82, 2.24) is 9.88 Å². The summed E-state index contributed by atoms with van der Waals surface area (Å²) in [5.41, 5.74) is 2.00. The number of carbonyl (C=O) groups excluding carboxylic acids is 1. The lowest BCUT2D eigenvalue weighted by Gasteiger charge is -2.27. The Morgan fingerprint density at radius 1 is 1.35 bits per heavy atom. The molecular weight excluding hydrogens is 232 g/mol. The first-order chi connectivity index (χ1) is 8.34. The Morgan fingerprint density at radius 3 is 3.06 bits per heavy atom. The van der Waals surface area contributed by atoms with Gasteiger partial charge in [-0.25, -0.2) is 4.98 Å². The van der Waals surface area contributed by atoms with Crippen molar-refractivity contribution in [2.45, 2.75) is 13.0 Å². The fourth-order valence-electron chi connectivity index (χ4n) is 2.12. The summed E-state index contributed by atoms with van der Waals surface area (Å²) >= 11 is 1.59. The Bertz CT molecular complexity index is 536. The zero-order valence-electron chi connectivity index (χ0n) is 9.30. The van der Waals surface area contributed by atoms with Gasteiger partial charge in [0.05, 0.1) is 6.54 Å². The van der Waals surface area contributed by atoms with E-state index in [-0.39, 0.29) is 5.91 Å². The van der Waals surface area contributed by atoms with Crippen LogP contribution in [0.1, 0.15) is 20.9 Å². The predicted molar refractivity (Wildman–Crippen MR) is 67.0 cm³/mol. The number of thiazole rings is 1. The zero-order valence-corrected chi connectivity index (χ0v) is 10.1. The number of nitrogens with zero attached hydrogens (tertiary/aromatic N) is 2. The van der Waals surface area contributed by atoms with Gasteiger partial charge in [0, 0.05) is 23.7 Å². The maximum atomic E-state index is 12.2. The molecule has 2 aromatic rings. The summed E-state index contributed by atoms with van der Waals surface area (Å²) in [4.78, 5) is 18.3. The number of hydrogen-bond acceptors (Lipinski definition) is 3. The molecule has 1 aromatic carbocycles. The van der Waals surface area contributed by atoms with Gasteiger partial charge >= 0.3 is 0 Å². The standard InChI is InChI=1S/C13H12N2OS/c16-13-11-4-2-1-3-10(11)5-7-15(13)9-12-14-6-8-17-12/h1-4,6,8H,5,7,9H2. The number of carbonyl (C=O) groups is 1. The van der Waals surface area contributed by atoms with E-state index in [0.717, 1.165) is 29.1 Å². The fourth-order valence-corrected chi connectivity index (χ4v) is 2.75. The van der Waals surface area contributed by atoms with Crippen molar-refractivity contribution < 1.29 is 4.79 Å². The van der Waals surface area contributed by atoms with Crippen LogP contribution in [0.2, 0.25) is 0 Å². The van der Waals surface area contributed by atoms with Gasteiger partial charge in [-0.15, -0.1) is 11.3 Å². The lowest BCUT2D eigenvalue weighted by Crippen LogP contribution is -2.36. The molecule has 1 aliphatic heterocycles. The molecule has 0 saturated carbocycles. The van der Waals surface area contributed by atoms with E-state index in [1.807, 2.05) is 34.5 Å². The maximum Gasteiger partial charge on any atom is 0.254 e. The van der Waals surface area contributed by atoms with Crippen molar-refractivity contribution in [2.24, 2.45) is 0 Å². The first-order valence-electron chi connectivity index (χ1n) is 5.60. The summed E-state index contributed by atoms with van der Waals surface area (Å²) in [6, 6.07) is 7.85. The van der Waals surface area contributed by atoms with E-state index in [2.05, 4.69) is 4.98 Å². The van der Waals surface area contributed by atoms with E-state index in [4.69, 9.17) is 0 Å². The van der Waals surface area contributed by atoms with E-state index in [1.165, 1.54) is 0 Å². The van der Waals surface area contributed by atoms with Gasteiger partial charge in [-0.1, -0.05) is 18.2 Å². The van der Waals surface area contributed by atoms with Crippen molar-refractivity contribution in [3.63, 3.8) is 0 Å². The minimum atomic E-state index is 0.127. The Labute approximate surface area is 104 Å². The highest BCUT2D eigenvalue weighted by Crippen LogP contribution is 2.20. The van der Waals surface area contributed by atoms with Crippen LogP contribution in [-0.4, -0.2) is 22.3 Å². The van der Waals surface area contributed by atoms with E-state index >= 15 is 0 Å². The SMILES string of the molecule is O=C1c2ccccc2CCN1Cc1nccs1. The molecule has 0 atom stereocenters. The van der Waals surface area contributed by atoms with Crippen molar-refractivity contribution >= 4 is 17.2 Å². The number of aromatic nitrogens is 1. The number of hydrogen-bond donors (Lipinski definition) is 0. The van der Waals surface area contributed by atoms with Gasteiger partial charge in [0.15, 0.2) is 0 Å². The summed E-state index contributed by atoms with van der Waals surface area (Å²) in [6.45, 7) is 1.42. The second-order valence-corrected chi connectivity index (χ2v) is 5.04. The smallest absolute Gasteiger partial charge is 0.254 e. The number of rotatable bonds is 2. The van der Waals surface area contributed by atoms with E-state index in [9.17, 15) is 4.79 Å². The lowest BCUT2D eigenvalue weighted by molar-refractivity contribution is 0.0727. The molecule has 0 unspecified atom stereocenters. The average Bonchev–Trinajstić information content (AvgIpc) is 2.86. The minimum absolute atomic E-state index is 0.127.